The van der Waals surface area contributed by atoms with E-state index in [0.29, 0.717) is 50.7 Å². The lowest BCUT2D eigenvalue weighted by Crippen LogP contribution is -2.36. The Morgan fingerprint density at radius 2 is 1.93 bits per heavy atom. The number of ether oxygens (including phenoxy) is 1. The number of carbonyl (C=O) groups excluding carboxylic acids is 1. The molecule has 1 amide bonds. The van der Waals surface area contributed by atoms with Crippen LogP contribution in [0.1, 0.15) is 19.8 Å². The van der Waals surface area contributed by atoms with Gasteiger partial charge >= 0.3 is 0 Å². The van der Waals surface area contributed by atoms with Crippen molar-refractivity contribution in [2.24, 2.45) is 0 Å². The highest BCUT2D eigenvalue weighted by Crippen LogP contribution is 2.31. The Kier molecular flexibility index (Phi) is 5.50. The molecule has 0 unspecified atom stereocenters. The molecule has 3 heterocycles. The van der Waals surface area contributed by atoms with Crippen LogP contribution >= 0.6 is 11.3 Å². The summed E-state index contributed by atoms with van der Waals surface area (Å²) in [5, 5.41) is 0. The molecule has 0 saturated heterocycles. The second-order valence-corrected chi connectivity index (χ2v) is 9.90. The van der Waals surface area contributed by atoms with Gasteiger partial charge in [0.15, 0.2) is 0 Å². The fraction of sp³-hybridized carbons (Fsp3) is 0.474. The molecule has 2 aromatic rings. The van der Waals surface area contributed by atoms with Crippen molar-refractivity contribution in [3.05, 3.63) is 34.9 Å². The van der Waals surface area contributed by atoms with Crippen LogP contribution in [-0.4, -0.2) is 67.9 Å². The number of rotatable bonds is 7. The van der Waals surface area contributed by atoms with E-state index < -0.39 is 10.0 Å². The first-order chi connectivity index (χ1) is 13.5. The van der Waals surface area contributed by atoms with Gasteiger partial charge in [-0.3, -0.25) is 4.79 Å². The Bertz CT molecular complexity index is 1010. The normalized spacial score (nSPS) is 17.7. The van der Waals surface area contributed by atoms with Crippen molar-refractivity contribution in [2.75, 3.05) is 39.4 Å². The maximum Gasteiger partial charge on any atom is 0.243 e. The fourth-order valence-corrected chi connectivity index (χ4v) is 5.85. The molecular formula is C19H23N3O4S2. The predicted molar refractivity (Wildman–Crippen MR) is 108 cm³/mol. The number of thiazole rings is 1. The molecule has 2 aliphatic rings. The van der Waals surface area contributed by atoms with Gasteiger partial charge in [0.2, 0.25) is 15.9 Å². The second-order valence-electron chi connectivity index (χ2n) is 7.07. The van der Waals surface area contributed by atoms with Gasteiger partial charge in [0.1, 0.15) is 0 Å². The number of hydrogen-bond donors (Lipinski definition) is 0. The molecule has 0 saturated carbocycles. The molecule has 0 N–H and O–H groups in total. The first-order valence-electron chi connectivity index (χ1n) is 9.37. The highest BCUT2D eigenvalue weighted by molar-refractivity contribution is 7.89. The molecule has 9 heteroatoms. The van der Waals surface area contributed by atoms with Crippen LogP contribution in [0.2, 0.25) is 0 Å². The summed E-state index contributed by atoms with van der Waals surface area (Å²) < 4.78 is 33.8. The molecule has 4 rings (SSSR count). The van der Waals surface area contributed by atoms with E-state index in [1.165, 1.54) is 15.6 Å². The van der Waals surface area contributed by atoms with Crippen molar-refractivity contribution in [1.82, 2.24) is 14.2 Å². The predicted octanol–water partition coefficient (Wildman–Crippen LogP) is 2.26. The number of fused-ring (bicyclic) bond motifs is 1. The van der Waals surface area contributed by atoms with Crippen LogP contribution in [0, 0.1) is 0 Å². The number of aromatic nitrogens is 1. The van der Waals surface area contributed by atoms with E-state index in [4.69, 9.17) is 4.74 Å². The molecule has 0 aliphatic carbocycles. The molecule has 1 aromatic heterocycles. The average Bonchev–Trinajstić information content (AvgIpc) is 3.38. The summed E-state index contributed by atoms with van der Waals surface area (Å²) in [4.78, 5) is 18.6. The third-order valence-corrected chi connectivity index (χ3v) is 7.68. The Morgan fingerprint density at radius 1 is 1.18 bits per heavy atom. The molecule has 150 valence electrons. The Labute approximate surface area is 168 Å². The first-order valence-corrected chi connectivity index (χ1v) is 11.7. The van der Waals surface area contributed by atoms with Crippen molar-refractivity contribution in [3.63, 3.8) is 0 Å². The number of amides is 1. The van der Waals surface area contributed by atoms with Crippen LogP contribution in [0.4, 0.5) is 0 Å². The number of benzene rings is 1. The third kappa shape index (κ3) is 3.71. The largest absolute Gasteiger partial charge is 0.381 e. The van der Waals surface area contributed by atoms with Crippen molar-refractivity contribution in [2.45, 2.75) is 24.7 Å². The van der Waals surface area contributed by atoms with Gasteiger partial charge in [-0.05, 0) is 35.8 Å². The lowest BCUT2D eigenvalue weighted by atomic mass is 10.2. The Hall–Kier alpha value is -1.81. The summed E-state index contributed by atoms with van der Waals surface area (Å²) >= 11 is 1.43. The summed E-state index contributed by atoms with van der Waals surface area (Å²) in [6.45, 7) is 4.88. The molecule has 1 aromatic carbocycles. The van der Waals surface area contributed by atoms with Gasteiger partial charge in [-0.15, -0.1) is 11.3 Å². The Balaban J connectivity index is 1.37. The van der Waals surface area contributed by atoms with E-state index in [0.717, 1.165) is 27.8 Å². The summed E-state index contributed by atoms with van der Waals surface area (Å²) in [5.74, 6) is 0.0653. The zero-order valence-electron chi connectivity index (χ0n) is 15.8. The molecule has 0 bridgehead atoms. The summed E-state index contributed by atoms with van der Waals surface area (Å²) in [7, 11) is -3.56. The minimum atomic E-state index is -3.56. The van der Waals surface area contributed by atoms with E-state index in [-0.39, 0.29) is 5.91 Å². The van der Waals surface area contributed by atoms with Crippen molar-refractivity contribution >= 4 is 37.5 Å². The number of hydrogen-bond acceptors (Lipinski definition) is 6. The van der Waals surface area contributed by atoms with Gasteiger partial charge < -0.3 is 9.64 Å². The van der Waals surface area contributed by atoms with Crippen LogP contribution in [-0.2, 0) is 19.6 Å². The minimum absolute atomic E-state index is 0.0653. The van der Waals surface area contributed by atoms with Crippen LogP contribution in [0.15, 0.2) is 39.8 Å². The SMILES string of the molecule is CCCOCCC(=O)N1CC2=C(C1)CN(S(=O)(=O)c1ccc3ncsc3c1)C2. The zero-order chi connectivity index (χ0) is 19.7. The number of carbonyl (C=O) groups is 1. The number of sulfonamides is 1. The van der Waals surface area contributed by atoms with Crippen LogP contribution in [0.25, 0.3) is 10.2 Å². The minimum Gasteiger partial charge on any atom is -0.381 e. The summed E-state index contributed by atoms with van der Waals surface area (Å²) in [6.07, 6.45) is 1.31. The summed E-state index contributed by atoms with van der Waals surface area (Å²) in [5.41, 5.74) is 4.62. The van der Waals surface area contributed by atoms with E-state index in [1.54, 1.807) is 28.6 Å². The van der Waals surface area contributed by atoms with Crippen molar-refractivity contribution in [1.29, 1.82) is 0 Å². The van der Waals surface area contributed by atoms with Crippen molar-refractivity contribution < 1.29 is 17.9 Å². The molecule has 28 heavy (non-hydrogen) atoms. The second kappa shape index (κ2) is 7.90. The monoisotopic (exact) mass is 421 g/mol. The van der Waals surface area contributed by atoms with Crippen LogP contribution in [0.3, 0.4) is 0 Å². The topological polar surface area (TPSA) is 79.8 Å². The smallest absolute Gasteiger partial charge is 0.243 e. The summed E-state index contributed by atoms with van der Waals surface area (Å²) in [6, 6.07) is 5.06. The van der Waals surface area contributed by atoms with E-state index in [9.17, 15) is 13.2 Å². The highest BCUT2D eigenvalue weighted by atomic mass is 32.2. The quantitative estimate of drug-likeness (QED) is 0.506. The molecule has 0 radical (unpaired) electrons. The zero-order valence-corrected chi connectivity index (χ0v) is 17.4. The average molecular weight is 422 g/mol. The highest BCUT2D eigenvalue weighted by Gasteiger charge is 2.37. The molecule has 0 fully saturated rings. The molecule has 0 atom stereocenters. The number of nitrogens with zero attached hydrogens (tertiary/aromatic N) is 3. The van der Waals surface area contributed by atoms with Gasteiger partial charge in [-0.1, -0.05) is 6.92 Å². The maximum absolute atomic E-state index is 13.0. The molecule has 2 aliphatic heterocycles. The maximum atomic E-state index is 13.0. The molecule has 7 nitrogen and oxygen atoms in total. The van der Waals surface area contributed by atoms with E-state index in [1.807, 2.05) is 6.92 Å². The van der Waals surface area contributed by atoms with Crippen molar-refractivity contribution in [3.8, 4) is 0 Å². The van der Waals surface area contributed by atoms with Crippen LogP contribution < -0.4 is 0 Å². The van der Waals surface area contributed by atoms with Gasteiger partial charge in [0, 0.05) is 32.8 Å². The lowest BCUT2D eigenvalue weighted by Gasteiger charge is -2.23. The van der Waals surface area contributed by atoms with Gasteiger partial charge in [0.05, 0.1) is 33.7 Å². The van der Waals surface area contributed by atoms with Gasteiger partial charge in [-0.2, -0.15) is 4.31 Å². The molecule has 0 spiro atoms. The standard InChI is InChI=1S/C19H23N3O4S2/c1-2-6-26-7-5-19(23)21-9-14-11-22(12-15(14)10-21)28(24,25)16-3-4-17-18(8-16)27-13-20-17/h3-4,8,13H,2,5-7,9-12H2,1H3. The van der Waals surface area contributed by atoms with Crippen LogP contribution in [0.5, 0.6) is 0 Å². The van der Waals surface area contributed by atoms with E-state index in [2.05, 4.69) is 4.98 Å². The first kappa shape index (κ1) is 19.5. The van der Waals surface area contributed by atoms with Gasteiger partial charge in [-0.25, -0.2) is 13.4 Å². The third-order valence-electron chi connectivity index (χ3n) is 5.10. The van der Waals surface area contributed by atoms with Gasteiger partial charge in [0.25, 0.3) is 0 Å². The lowest BCUT2D eigenvalue weighted by molar-refractivity contribution is -0.131. The van der Waals surface area contributed by atoms with E-state index >= 15 is 0 Å². The Morgan fingerprint density at radius 3 is 2.64 bits per heavy atom. The fourth-order valence-electron chi connectivity index (χ4n) is 3.60. The molecular weight excluding hydrogens is 398 g/mol.